The summed E-state index contributed by atoms with van der Waals surface area (Å²) in [7, 11) is 0. The standard InChI is InChI=1S/C17H14ClN3O2/c1-11-6-7-12(8-14(11)18)20-16(22)9-21-10-19-15-5-3-2-4-13(15)17(21)23/h2-8,10H,9H2,1H3,(H,20,22). The maximum absolute atomic E-state index is 12.3. The van der Waals surface area contributed by atoms with Crippen LogP contribution >= 0.6 is 11.6 Å². The molecule has 5 nitrogen and oxygen atoms in total. The highest BCUT2D eigenvalue weighted by atomic mass is 35.5. The van der Waals surface area contributed by atoms with Crippen molar-refractivity contribution in [2.24, 2.45) is 0 Å². The van der Waals surface area contributed by atoms with E-state index < -0.39 is 0 Å². The SMILES string of the molecule is Cc1ccc(NC(=O)Cn2cnc3ccccc3c2=O)cc1Cl. The molecular formula is C17H14ClN3O2. The summed E-state index contributed by atoms with van der Waals surface area (Å²) >= 11 is 6.03. The molecule has 0 spiro atoms. The normalized spacial score (nSPS) is 10.7. The van der Waals surface area contributed by atoms with Gasteiger partial charge in [0.05, 0.1) is 17.2 Å². The number of aromatic nitrogens is 2. The van der Waals surface area contributed by atoms with E-state index in [0.717, 1.165) is 5.56 Å². The number of rotatable bonds is 3. The monoisotopic (exact) mass is 327 g/mol. The zero-order valence-electron chi connectivity index (χ0n) is 12.4. The number of anilines is 1. The van der Waals surface area contributed by atoms with Gasteiger partial charge < -0.3 is 5.32 Å². The summed E-state index contributed by atoms with van der Waals surface area (Å²) in [5.74, 6) is -0.316. The summed E-state index contributed by atoms with van der Waals surface area (Å²) in [6, 6.07) is 12.3. The molecule has 0 saturated heterocycles. The summed E-state index contributed by atoms with van der Waals surface area (Å²) in [6.45, 7) is 1.77. The molecule has 23 heavy (non-hydrogen) atoms. The molecule has 2 aromatic carbocycles. The number of aryl methyl sites for hydroxylation is 1. The van der Waals surface area contributed by atoms with E-state index in [0.29, 0.717) is 21.6 Å². The van der Waals surface area contributed by atoms with Crippen LogP contribution in [0.5, 0.6) is 0 Å². The molecule has 1 N–H and O–H groups in total. The van der Waals surface area contributed by atoms with E-state index in [1.807, 2.05) is 19.1 Å². The Bertz CT molecular complexity index is 950. The Balaban J connectivity index is 1.81. The van der Waals surface area contributed by atoms with Crippen LogP contribution in [0.2, 0.25) is 5.02 Å². The Morgan fingerprint density at radius 1 is 1.26 bits per heavy atom. The van der Waals surface area contributed by atoms with Crippen molar-refractivity contribution in [3.8, 4) is 0 Å². The summed E-state index contributed by atoms with van der Waals surface area (Å²) < 4.78 is 1.29. The average Bonchev–Trinajstić information content (AvgIpc) is 2.54. The third kappa shape index (κ3) is 3.24. The van der Waals surface area contributed by atoms with E-state index in [4.69, 9.17) is 11.6 Å². The lowest BCUT2D eigenvalue weighted by molar-refractivity contribution is -0.116. The molecule has 0 atom stereocenters. The Hall–Kier alpha value is -2.66. The van der Waals surface area contributed by atoms with Gasteiger partial charge in [-0.1, -0.05) is 29.8 Å². The number of fused-ring (bicyclic) bond motifs is 1. The topological polar surface area (TPSA) is 64.0 Å². The minimum Gasteiger partial charge on any atom is -0.324 e. The number of nitrogens with zero attached hydrogens (tertiary/aromatic N) is 2. The zero-order chi connectivity index (χ0) is 16.4. The second-order valence-corrected chi connectivity index (χ2v) is 5.61. The smallest absolute Gasteiger partial charge is 0.261 e. The number of hydrogen-bond donors (Lipinski definition) is 1. The van der Waals surface area contributed by atoms with Crippen LogP contribution in [0.4, 0.5) is 5.69 Å². The van der Waals surface area contributed by atoms with E-state index in [2.05, 4.69) is 10.3 Å². The number of hydrogen-bond acceptors (Lipinski definition) is 3. The predicted molar refractivity (Wildman–Crippen MR) is 90.8 cm³/mol. The van der Waals surface area contributed by atoms with Crippen LogP contribution in [-0.2, 0) is 11.3 Å². The molecular weight excluding hydrogens is 314 g/mol. The average molecular weight is 328 g/mol. The maximum atomic E-state index is 12.3. The van der Waals surface area contributed by atoms with E-state index in [1.165, 1.54) is 10.9 Å². The number of carbonyl (C=O) groups excluding carboxylic acids is 1. The molecule has 0 saturated carbocycles. The highest BCUT2D eigenvalue weighted by Gasteiger charge is 2.08. The maximum Gasteiger partial charge on any atom is 0.261 e. The highest BCUT2D eigenvalue weighted by molar-refractivity contribution is 6.31. The molecule has 1 amide bonds. The third-order valence-electron chi connectivity index (χ3n) is 3.50. The Labute approximate surface area is 137 Å². The summed E-state index contributed by atoms with van der Waals surface area (Å²) in [4.78, 5) is 28.7. The van der Waals surface area contributed by atoms with E-state index in [-0.39, 0.29) is 18.0 Å². The van der Waals surface area contributed by atoms with Crippen LogP contribution in [0.25, 0.3) is 10.9 Å². The van der Waals surface area contributed by atoms with Crippen molar-refractivity contribution in [3.05, 3.63) is 69.7 Å². The number of carbonyl (C=O) groups is 1. The molecule has 0 unspecified atom stereocenters. The van der Waals surface area contributed by atoms with Gasteiger partial charge in [0.2, 0.25) is 5.91 Å². The van der Waals surface area contributed by atoms with Crippen molar-refractivity contribution >= 4 is 34.1 Å². The van der Waals surface area contributed by atoms with E-state index >= 15 is 0 Å². The molecule has 1 aromatic heterocycles. The van der Waals surface area contributed by atoms with Crippen LogP contribution in [-0.4, -0.2) is 15.5 Å². The number of para-hydroxylation sites is 1. The van der Waals surface area contributed by atoms with Crippen LogP contribution < -0.4 is 10.9 Å². The fourth-order valence-corrected chi connectivity index (χ4v) is 2.43. The van der Waals surface area contributed by atoms with Crippen molar-refractivity contribution < 1.29 is 4.79 Å². The van der Waals surface area contributed by atoms with Gasteiger partial charge >= 0.3 is 0 Å². The molecule has 116 valence electrons. The van der Waals surface area contributed by atoms with E-state index in [1.54, 1.807) is 30.3 Å². The zero-order valence-corrected chi connectivity index (χ0v) is 13.2. The predicted octanol–water partition coefficient (Wildman–Crippen LogP) is 3.00. The number of benzene rings is 2. The Kier molecular flexibility index (Phi) is 4.12. The van der Waals surface area contributed by atoms with E-state index in [9.17, 15) is 9.59 Å². The highest BCUT2D eigenvalue weighted by Crippen LogP contribution is 2.19. The second kappa shape index (κ2) is 6.22. The van der Waals surface area contributed by atoms with Gasteiger partial charge in [-0.2, -0.15) is 0 Å². The number of amides is 1. The quantitative estimate of drug-likeness (QED) is 0.804. The van der Waals surface area contributed by atoms with Crippen molar-refractivity contribution in [1.82, 2.24) is 9.55 Å². The van der Waals surface area contributed by atoms with Gasteiger partial charge in [-0.25, -0.2) is 4.98 Å². The lowest BCUT2D eigenvalue weighted by Gasteiger charge is -2.09. The summed E-state index contributed by atoms with van der Waals surface area (Å²) in [5, 5.41) is 3.79. The van der Waals surface area contributed by atoms with Gasteiger partial charge in [-0.3, -0.25) is 14.2 Å². The summed E-state index contributed by atoms with van der Waals surface area (Å²) in [5.41, 5.74) is 1.89. The first-order chi connectivity index (χ1) is 11.0. The lowest BCUT2D eigenvalue weighted by atomic mass is 10.2. The van der Waals surface area contributed by atoms with Crippen LogP contribution in [0.1, 0.15) is 5.56 Å². The fourth-order valence-electron chi connectivity index (χ4n) is 2.24. The van der Waals surface area contributed by atoms with Gasteiger partial charge in [-0.15, -0.1) is 0 Å². The molecule has 0 radical (unpaired) electrons. The molecule has 0 aliphatic heterocycles. The molecule has 1 heterocycles. The first-order valence-corrected chi connectivity index (χ1v) is 7.42. The number of nitrogens with one attached hydrogen (secondary N) is 1. The largest absolute Gasteiger partial charge is 0.324 e. The minimum absolute atomic E-state index is 0.109. The van der Waals surface area contributed by atoms with Gasteiger partial charge in [-0.05, 0) is 36.8 Å². The first-order valence-electron chi connectivity index (χ1n) is 7.05. The molecule has 6 heteroatoms. The van der Waals surface area contributed by atoms with Crippen LogP contribution in [0, 0.1) is 6.92 Å². The molecule has 0 bridgehead atoms. The number of halogens is 1. The Morgan fingerprint density at radius 2 is 2.04 bits per heavy atom. The first kappa shape index (κ1) is 15.2. The van der Waals surface area contributed by atoms with Crippen LogP contribution in [0.15, 0.2) is 53.6 Å². The van der Waals surface area contributed by atoms with Gasteiger partial charge in [0.1, 0.15) is 6.54 Å². The molecule has 0 fully saturated rings. The third-order valence-corrected chi connectivity index (χ3v) is 3.91. The van der Waals surface area contributed by atoms with Gasteiger partial charge in [0.25, 0.3) is 5.56 Å². The lowest BCUT2D eigenvalue weighted by Crippen LogP contribution is -2.27. The second-order valence-electron chi connectivity index (χ2n) is 5.21. The fraction of sp³-hybridized carbons (Fsp3) is 0.118. The molecule has 3 rings (SSSR count). The van der Waals surface area contributed by atoms with Crippen LogP contribution in [0.3, 0.4) is 0 Å². The summed E-state index contributed by atoms with van der Waals surface area (Å²) in [6.07, 6.45) is 1.38. The minimum atomic E-state index is -0.316. The molecule has 0 aliphatic rings. The van der Waals surface area contributed by atoms with Gasteiger partial charge in [0.15, 0.2) is 0 Å². The molecule has 3 aromatic rings. The Morgan fingerprint density at radius 3 is 2.83 bits per heavy atom. The van der Waals surface area contributed by atoms with Gasteiger partial charge in [0, 0.05) is 10.7 Å². The van der Waals surface area contributed by atoms with Crippen molar-refractivity contribution in [2.75, 3.05) is 5.32 Å². The van der Waals surface area contributed by atoms with Crippen molar-refractivity contribution in [2.45, 2.75) is 13.5 Å². The van der Waals surface area contributed by atoms with Crippen molar-refractivity contribution in [1.29, 1.82) is 0 Å². The molecule has 0 aliphatic carbocycles. The van der Waals surface area contributed by atoms with Crippen molar-refractivity contribution in [3.63, 3.8) is 0 Å².